The Hall–Kier alpha value is -0.660. The van der Waals surface area contributed by atoms with E-state index in [1.54, 1.807) is 0 Å². The van der Waals surface area contributed by atoms with Gasteiger partial charge in [-0.15, -0.1) is 0 Å². The van der Waals surface area contributed by atoms with Crippen molar-refractivity contribution < 1.29 is 4.52 Å². The van der Waals surface area contributed by atoms with Crippen molar-refractivity contribution in [1.29, 1.82) is 0 Å². The molecule has 4 nitrogen and oxygen atoms in total. The molecule has 2 N–H and O–H groups in total. The molecule has 1 aromatic heterocycles. The molecule has 0 aliphatic carbocycles. The van der Waals surface area contributed by atoms with Gasteiger partial charge in [-0.3, -0.25) is 0 Å². The van der Waals surface area contributed by atoms with Crippen LogP contribution < -0.4 is 5.73 Å². The highest BCUT2D eigenvalue weighted by molar-refractivity contribution is 14.1. The highest BCUT2D eigenvalue weighted by Gasteiger charge is 2.29. The molecule has 1 aromatic carbocycles. The average molecular weight is 392 g/mol. The maximum absolute atomic E-state index is 6.26. The molecule has 19 heavy (non-hydrogen) atoms. The molecule has 0 unspecified atom stereocenters. The van der Waals surface area contributed by atoms with E-state index in [0.29, 0.717) is 16.7 Å². The Labute approximate surface area is 130 Å². The minimum absolute atomic E-state index is 0.457. The lowest BCUT2D eigenvalue weighted by atomic mass is 9.93. The molecule has 0 fully saturated rings. The molecule has 0 amide bonds. The molecule has 0 radical (unpaired) electrons. The van der Waals surface area contributed by atoms with Crippen LogP contribution in [0, 0.1) is 3.57 Å². The minimum Gasteiger partial charge on any atom is -0.334 e. The molecule has 0 aliphatic rings. The van der Waals surface area contributed by atoms with Gasteiger partial charge in [-0.05, 0) is 53.6 Å². The predicted molar refractivity (Wildman–Crippen MR) is 83.9 cm³/mol. The van der Waals surface area contributed by atoms with Gasteiger partial charge in [0.15, 0.2) is 5.82 Å². The Bertz CT molecular complexity index is 581. The van der Waals surface area contributed by atoms with Crippen LogP contribution in [0.25, 0.3) is 11.5 Å². The zero-order valence-corrected chi connectivity index (χ0v) is 13.7. The van der Waals surface area contributed by atoms with Crippen LogP contribution in [-0.4, -0.2) is 10.1 Å². The van der Waals surface area contributed by atoms with Crippen molar-refractivity contribution in [1.82, 2.24) is 10.1 Å². The third-order valence-electron chi connectivity index (χ3n) is 3.29. The fourth-order valence-electron chi connectivity index (χ4n) is 1.76. The highest BCUT2D eigenvalue weighted by atomic mass is 127. The molecule has 0 spiro atoms. The molecule has 0 saturated carbocycles. The standard InChI is InChI=1S/C13H15ClIN3O/c1-3-13(16,4-2)12-17-11(19-18-12)9-7-8(14)5-6-10(9)15/h5-7H,3-4,16H2,1-2H3. The summed E-state index contributed by atoms with van der Waals surface area (Å²) < 4.78 is 6.34. The first-order valence-electron chi connectivity index (χ1n) is 6.08. The SMILES string of the molecule is CCC(N)(CC)c1noc(-c2cc(Cl)ccc2I)n1. The first-order chi connectivity index (χ1) is 9.00. The van der Waals surface area contributed by atoms with Crippen LogP contribution in [0.15, 0.2) is 22.7 Å². The molecule has 0 saturated heterocycles. The molecule has 0 bridgehead atoms. The maximum atomic E-state index is 6.26. The summed E-state index contributed by atoms with van der Waals surface area (Å²) >= 11 is 8.21. The number of hydrogen-bond acceptors (Lipinski definition) is 4. The molecular formula is C13H15ClIN3O. The van der Waals surface area contributed by atoms with E-state index in [1.807, 2.05) is 32.0 Å². The van der Waals surface area contributed by atoms with Crippen molar-refractivity contribution in [3.8, 4) is 11.5 Å². The van der Waals surface area contributed by atoms with E-state index >= 15 is 0 Å². The van der Waals surface area contributed by atoms with E-state index in [2.05, 4.69) is 32.7 Å². The van der Waals surface area contributed by atoms with Crippen molar-refractivity contribution >= 4 is 34.2 Å². The summed E-state index contributed by atoms with van der Waals surface area (Å²) in [5.41, 5.74) is 6.56. The van der Waals surface area contributed by atoms with Crippen LogP contribution in [0.5, 0.6) is 0 Å². The fraction of sp³-hybridized carbons (Fsp3) is 0.385. The lowest BCUT2D eigenvalue weighted by molar-refractivity contribution is 0.350. The first kappa shape index (κ1) is 14.7. The molecule has 2 aromatic rings. The molecule has 2 rings (SSSR count). The Morgan fingerprint density at radius 1 is 1.37 bits per heavy atom. The lowest BCUT2D eigenvalue weighted by Crippen LogP contribution is -2.36. The Morgan fingerprint density at radius 2 is 2.05 bits per heavy atom. The van der Waals surface area contributed by atoms with Gasteiger partial charge in [0.25, 0.3) is 5.89 Å². The maximum Gasteiger partial charge on any atom is 0.259 e. The topological polar surface area (TPSA) is 64.9 Å². The van der Waals surface area contributed by atoms with E-state index in [0.717, 1.165) is 22.0 Å². The number of hydrogen-bond donors (Lipinski definition) is 1. The molecule has 0 atom stereocenters. The van der Waals surface area contributed by atoms with Crippen LogP contribution >= 0.6 is 34.2 Å². The number of nitrogens with two attached hydrogens (primary N) is 1. The third kappa shape index (κ3) is 2.93. The summed E-state index contributed by atoms with van der Waals surface area (Å²) in [6.45, 7) is 4.03. The molecule has 6 heteroatoms. The van der Waals surface area contributed by atoms with Crippen molar-refractivity contribution in [2.75, 3.05) is 0 Å². The van der Waals surface area contributed by atoms with E-state index < -0.39 is 5.54 Å². The number of halogens is 2. The minimum atomic E-state index is -0.536. The number of nitrogens with zero attached hydrogens (tertiary/aromatic N) is 2. The Morgan fingerprint density at radius 3 is 2.68 bits per heavy atom. The predicted octanol–water partition coefficient (Wildman–Crippen LogP) is 3.97. The number of aromatic nitrogens is 2. The van der Waals surface area contributed by atoms with Gasteiger partial charge in [0.1, 0.15) is 0 Å². The van der Waals surface area contributed by atoms with Crippen LogP contribution in [-0.2, 0) is 5.54 Å². The first-order valence-corrected chi connectivity index (χ1v) is 7.54. The molecule has 0 aliphatic heterocycles. The Balaban J connectivity index is 2.44. The van der Waals surface area contributed by atoms with Crippen molar-refractivity contribution in [3.63, 3.8) is 0 Å². The second-order valence-corrected chi connectivity index (χ2v) is 6.01. The van der Waals surface area contributed by atoms with Crippen LogP contribution in [0.2, 0.25) is 5.02 Å². The summed E-state index contributed by atoms with van der Waals surface area (Å²) in [7, 11) is 0. The second kappa shape index (κ2) is 5.76. The van der Waals surface area contributed by atoms with Crippen LogP contribution in [0.3, 0.4) is 0 Å². The third-order valence-corrected chi connectivity index (χ3v) is 4.47. The fourth-order valence-corrected chi connectivity index (χ4v) is 2.50. The van der Waals surface area contributed by atoms with Gasteiger partial charge >= 0.3 is 0 Å². The average Bonchev–Trinajstić information content (AvgIpc) is 2.90. The number of rotatable bonds is 4. The summed E-state index contributed by atoms with van der Waals surface area (Å²) in [5.74, 6) is 1.00. The van der Waals surface area contributed by atoms with Crippen LogP contribution in [0.1, 0.15) is 32.5 Å². The zero-order chi connectivity index (χ0) is 14.0. The second-order valence-electron chi connectivity index (χ2n) is 4.41. The van der Waals surface area contributed by atoms with E-state index in [1.165, 1.54) is 0 Å². The largest absolute Gasteiger partial charge is 0.334 e. The van der Waals surface area contributed by atoms with Gasteiger partial charge in [-0.2, -0.15) is 4.98 Å². The van der Waals surface area contributed by atoms with E-state index in [4.69, 9.17) is 21.9 Å². The van der Waals surface area contributed by atoms with E-state index in [9.17, 15) is 0 Å². The van der Waals surface area contributed by atoms with Gasteiger partial charge < -0.3 is 10.3 Å². The van der Waals surface area contributed by atoms with Gasteiger partial charge in [0.05, 0.1) is 11.1 Å². The quantitative estimate of drug-likeness (QED) is 0.801. The summed E-state index contributed by atoms with van der Waals surface area (Å²) in [4.78, 5) is 4.43. The van der Waals surface area contributed by atoms with Crippen molar-refractivity contribution in [2.24, 2.45) is 5.73 Å². The van der Waals surface area contributed by atoms with Crippen molar-refractivity contribution in [2.45, 2.75) is 32.2 Å². The lowest BCUT2D eigenvalue weighted by Gasteiger charge is -2.21. The summed E-state index contributed by atoms with van der Waals surface area (Å²) in [5, 5.41) is 4.66. The van der Waals surface area contributed by atoms with Gasteiger partial charge in [-0.25, -0.2) is 0 Å². The molecular weight excluding hydrogens is 377 g/mol. The van der Waals surface area contributed by atoms with Gasteiger partial charge in [0.2, 0.25) is 0 Å². The summed E-state index contributed by atoms with van der Waals surface area (Å²) in [6.07, 6.45) is 1.52. The normalized spacial score (nSPS) is 11.8. The number of benzene rings is 1. The smallest absolute Gasteiger partial charge is 0.259 e. The summed E-state index contributed by atoms with van der Waals surface area (Å²) in [6, 6.07) is 5.56. The molecule has 1 heterocycles. The molecule has 102 valence electrons. The van der Waals surface area contributed by atoms with Gasteiger partial charge in [0, 0.05) is 8.59 Å². The monoisotopic (exact) mass is 391 g/mol. The zero-order valence-electron chi connectivity index (χ0n) is 10.8. The highest BCUT2D eigenvalue weighted by Crippen LogP contribution is 2.30. The van der Waals surface area contributed by atoms with Crippen LogP contribution in [0.4, 0.5) is 0 Å². The Kier molecular flexibility index (Phi) is 4.47. The van der Waals surface area contributed by atoms with Crippen molar-refractivity contribution in [3.05, 3.63) is 32.6 Å². The van der Waals surface area contributed by atoms with Gasteiger partial charge in [-0.1, -0.05) is 30.6 Å². The van der Waals surface area contributed by atoms with E-state index in [-0.39, 0.29) is 0 Å².